The van der Waals surface area contributed by atoms with Crippen molar-refractivity contribution in [2.24, 2.45) is 0 Å². The van der Waals surface area contributed by atoms with Gasteiger partial charge in [-0.1, -0.05) is 12.8 Å². The maximum absolute atomic E-state index is 13.0. The number of ether oxygens (including phenoxy) is 1. The molecule has 6 nitrogen and oxygen atoms in total. The minimum Gasteiger partial charge on any atom is -0.462 e. The minimum absolute atomic E-state index is 0.00810. The van der Waals surface area contributed by atoms with Crippen LogP contribution >= 0.6 is 22.7 Å². The fraction of sp³-hybridized carbons (Fsp3) is 0.524. The fourth-order valence-corrected chi connectivity index (χ4v) is 8.23. The number of fused-ring (bicyclic) bond motifs is 2. The summed E-state index contributed by atoms with van der Waals surface area (Å²) in [4.78, 5) is 28.1. The van der Waals surface area contributed by atoms with Gasteiger partial charge in [0.15, 0.2) is 9.84 Å². The number of amides is 1. The molecule has 1 amide bonds. The lowest BCUT2D eigenvalue weighted by Crippen LogP contribution is -2.20. The van der Waals surface area contributed by atoms with Crippen LogP contribution in [0.5, 0.6) is 0 Å². The Morgan fingerprint density at radius 3 is 2.60 bits per heavy atom. The number of carbonyl (C=O) groups is 2. The van der Waals surface area contributed by atoms with Crippen LogP contribution in [0.2, 0.25) is 0 Å². The third kappa shape index (κ3) is 4.48. The Balaban J connectivity index is 1.64. The van der Waals surface area contributed by atoms with Crippen molar-refractivity contribution in [3.8, 4) is 0 Å². The zero-order chi connectivity index (χ0) is 21.3. The highest BCUT2D eigenvalue weighted by atomic mass is 32.2. The summed E-state index contributed by atoms with van der Waals surface area (Å²) in [7, 11) is -3.18. The summed E-state index contributed by atoms with van der Waals surface area (Å²) in [6.07, 6.45) is 7.02. The number of aryl methyl sites for hydroxylation is 2. The van der Waals surface area contributed by atoms with Gasteiger partial charge < -0.3 is 10.1 Å². The molecule has 30 heavy (non-hydrogen) atoms. The molecule has 9 heteroatoms. The number of thiophene rings is 2. The molecule has 0 unspecified atom stereocenters. The van der Waals surface area contributed by atoms with E-state index in [1.807, 2.05) is 6.07 Å². The molecule has 1 aliphatic heterocycles. The average molecular weight is 468 g/mol. The van der Waals surface area contributed by atoms with Gasteiger partial charge in [0, 0.05) is 9.75 Å². The number of sulfone groups is 1. The molecule has 0 aromatic carbocycles. The number of hydrogen-bond donors (Lipinski definition) is 1. The normalized spacial score (nSPS) is 17.9. The van der Waals surface area contributed by atoms with Crippen molar-refractivity contribution in [2.75, 3.05) is 17.7 Å². The number of esters is 1. The highest BCUT2D eigenvalue weighted by Gasteiger charge is 2.32. The van der Waals surface area contributed by atoms with Crippen molar-refractivity contribution < 1.29 is 22.7 Å². The van der Waals surface area contributed by atoms with E-state index in [-0.39, 0.29) is 30.4 Å². The van der Waals surface area contributed by atoms with Gasteiger partial charge in [-0.05, 0) is 56.2 Å². The van der Waals surface area contributed by atoms with Crippen LogP contribution in [0.25, 0.3) is 0 Å². The molecule has 3 heterocycles. The molecule has 0 radical (unpaired) electrons. The summed E-state index contributed by atoms with van der Waals surface area (Å²) in [6.45, 7) is 1.94. The third-order valence-electron chi connectivity index (χ3n) is 5.53. The molecule has 2 aliphatic rings. The summed E-state index contributed by atoms with van der Waals surface area (Å²) in [6, 6.07) is 1.97. The SMILES string of the molecule is CCOC(=O)c1c(NC(=O)c2cc3c(s2)CCCCCC3)sc2c1CCS(=O)(=O)C2. The van der Waals surface area contributed by atoms with Crippen LogP contribution in [0.15, 0.2) is 6.07 Å². The first-order valence-corrected chi connectivity index (χ1v) is 13.8. The Morgan fingerprint density at radius 2 is 1.83 bits per heavy atom. The van der Waals surface area contributed by atoms with Crippen molar-refractivity contribution in [3.05, 3.63) is 37.4 Å². The number of hydrogen-bond acceptors (Lipinski definition) is 7. The Hall–Kier alpha value is -1.71. The van der Waals surface area contributed by atoms with Crippen molar-refractivity contribution in [1.82, 2.24) is 0 Å². The predicted molar refractivity (Wildman–Crippen MR) is 120 cm³/mol. The largest absolute Gasteiger partial charge is 0.462 e. The van der Waals surface area contributed by atoms with Crippen LogP contribution < -0.4 is 5.32 Å². The maximum atomic E-state index is 13.0. The van der Waals surface area contributed by atoms with E-state index in [1.54, 1.807) is 6.92 Å². The molecule has 0 saturated heterocycles. The van der Waals surface area contributed by atoms with Crippen molar-refractivity contribution >= 4 is 49.4 Å². The summed E-state index contributed by atoms with van der Waals surface area (Å²) in [5.41, 5.74) is 2.27. The highest BCUT2D eigenvalue weighted by molar-refractivity contribution is 7.90. The van der Waals surface area contributed by atoms with Gasteiger partial charge in [0.1, 0.15) is 5.00 Å². The lowest BCUT2D eigenvalue weighted by Gasteiger charge is -2.13. The van der Waals surface area contributed by atoms with E-state index in [0.717, 1.165) is 25.7 Å². The van der Waals surface area contributed by atoms with E-state index in [0.29, 0.717) is 25.9 Å². The Kier molecular flexibility index (Phi) is 6.31. The lowest BCUT2D eigenvalue weighted by molar-refractivity contribution is 0.0527. The molecule has 0 atom stereocenters. The molecule has 2 aromatic heterocycles. The highest BCUT2D eigenvalue weighted by Crippen LogP contribution is 2.39. The monoisotopic (exact) mass is 467 g/mol. The van der Waals surface area contributed by atoms with Crippen LogP contribution in [0.1, 0.15) is 73.5 Å². The summed E-state index contributed by atoms with van der Waals surface area (Å²) in [5, 5.41) is 3.28. The second-order valence-electron chi connectivity index (χ2n) is 7.70. The topological polar surface area (TPSA) is 89.5 Å². The standard InChI is InChI=1S/C21H25NO5S3/c1-2-27-21(24)18-14-9-10-30(25,26)12-17(14)29-20(18)22-19(23)16-11-13-7-5-3-4-6-8-15(13)28-16/h11H,2-10,12H2,1H3,(H,22,23). The molecule has 4 rings (SSSR count). The third-order valence-corrected chi connectivity index (χ3v) is 9.65. The van der Waals surface area contributed by atoms with E-state index >= 15 is 0 Å². The Labute approximate surface area is 184 Å². The second-order valence-corrected chi connectivity index (χ2v) is 12.1. The van der Waals surface area contributed by atoms with Gasteiger partial charge in [0.05, 0.1) is 28.6 Å². The van der Waals surface area contributed by atoms with Crippen LogP contribution in [0.3, 0.4) is 0 Å². The van der Waals surface area contributed by atoms with Gasteiger partial charge >= 0.3 is 5.97 Å². The molecular weight excluding hydrogens is 442 g/mol. The van der Waals surface area contributed by atoms with Crippen LogP contribution in [-0.4, -0.2) is 32.7 Å². The van der Waals surface area contributed by atoms with Gasteiger partial charge in [-0.25, -0.2) is 13.2 Å². The first-order chi connectivity index (χ1) is 14.4. The molecule has 1 N–H and O–H groups in total. The van der Waals surface area contributed by atoms with Gasteiger partial charge in [-0.15, -0.1) is 22.7 Å². The number of anilines is 1. The summed E-state index contributed by atoms with van der Waals surface area (Å²) < 4.78 is 29.3. The molecule has 0 bridgehead atoms. The first kappa shape index (κ1) is 21.5. The van der Waals surface area contributed by atoms with Crippen LogP contribution in [0, 0.1) is 0 Å². The number of carbonyl (C=O) groups excluding carboxylic acids is 2. The fourth-order valence-electron chi connectivity index (χ4n) is 4.05. The minimum atomic E-state index is -3.18. The molecule has 162 valence electrons. The van der Waals surface area contributed by atoms with Gasteiger partial charge in [-0.2, -0.15) is 0 Å². The smallest absolute Gasteiger partial charge is 0.341 e. The van der Waals surface area contributed by atoms with Gasteiger partial charge in [0.2, 0.25) is 0 Å². The number of rotatable bonds is 4. The van der Waals surface area contributed by atoms with Gasteiger partial charge in [0.25, 0.3) is 5.91 Å². The molecule has 2 aromatic rings. The van der Waals surface area contributed by atoms with Crippen molar-refractivity contribution in [3.63, 3.8) is 0 Å². The molecule has 0 fully saturated rings. The molecule has 0 spiro atoms. The lowest BCUT2D eigenvalue weighted by atomic mass is 10.00. The zero-order valence-electron chi connectivity index (χ0n) is 16.9. The van der Waals surface area contributed by atoms with E-state index in [1.165, 1.54) is 46.0 Å². The average Bonchev–Trinajstić information content (AvgIpc) is 3.21. The van der Waals surface area contributed by atoms with E-state index < -0.39 is 15.8 Å². The molecule has 1 aliphatic carbocycles. The molecule has 0 saturated carbocycles. The van der Waals surface area contributed by atoms with Crippen molar-refractivity contribution in [1.29, 1.82) is 0 Å². The van der Waals surface area contributed by atoms with Crippen LogP contribution in [-0.2, 0) is 39.6 Å². The predicted octanol–water partition coefficient (Wildman–Crippen LogP) is 4.37. The quantitative estimate of drug-likeness (QED) is 0.675. The maximum Gasteiger partial charge on any atom is 0.341 e. The van der Waals surface area contributed by atoms with E-state index in [2.05, 4.69) is 5.32 Å². The second kappa shape index (κ2) is 8.80. The molecular formula is C21H25NO5S3. The van der Waals surface area contributed by atoms with Crippen molar-refractivity contribution in [2.45, 2.75) is 57.6 Å². The Morgan fingerprint density at radius 1 is 1.07 bits per heavy atom. The summed E-state index contributed by atoms with van der Waals surface area (Å²) >= 11 is 2.70. The summed E-state index contributed by atoms with van der Waals surface area (Å²) in [5.74, 6) is -0.849. The first-order valence-electron chi connectivity index (χ1n) is 10.3. The van der Waals surface area contributed by atoms with E-state index in [9.17, 15) is 18.0 Å². The Bertz CT molecular complexity index is 1060. The zero-order valence-corrected chi connectivity index (χ0v) is 19.4. The van der Waals surface area contributed by atoms with Crippen LogP contribution in [0.4, 0.5) is 5.00 Å². The van der Waals surface area contributed by atoms with Gasteiger partial charge in [-0.3, -0.25) is 4.79 Å². The number of nitrogens with one attached hydrogen (secondary N) is 1. The van der Waals surface area contributed by atoms with E-state index in [4.69, 9.17) is 4.74 Å².